The summed E-state index contributed by atoms with van der Waals surface area (Å²) >= 11 is 0. The van der Waals surface area contributed by atoms with Crippen LogP contribution in [0.5, 0.6) is 0 Å². The molecule has 1 aliphatic heterocycles. The van der Waals surface area contributed by atoms with Crippen LogP contribution >= 0.6 is 0 Å². The highest BCUT2D eigenvalue weighted by Crippen LogP contribution is 2.14. The summed E-state index contributed by atoms with van der Waals surface area (Å²) in [5.41, 5.74) is 1.52. The van der Waals surface area contributed by atoms with Crippen LogP contribution in [0.25, 0.3) is 0 Å². The van der Waals surface area contributed by atoms with E-state index >= 15 is 0 Å². The number of ketones is 1. The van der Waals surface area contributed by atoms with Crippen LogP contribution in [0.3, 0.4) is 0 Å². The van der Waals surface area contributed by atoms with Gasteiger partial charge < -0.3 is 5.32 Å². The largest absolute Gasteiger partial charge is 0.391 e. The molecule has 2 rings (SSSR count). The Bertz CT molecular complexity index is 357. The molecule has 1 aliphatic rings. The first-order valence-corrected chi connectivity index (χ1v) is 4.75. The number of nitrogens with one attached hydrogen (secondary N) is 1. The number of nitrogens with zero attached hydrogens (tertiary/aromatic N) is 1. The summed E-state index contributed by atoms with van der Waals surface area (Å²) in [6.45, 7) is 0.962. The van der Waals surface area contributed by atoms with Gasteiger partial charge in [-0.3, -0.25) is 9.78 Å². The fourth-order valence-electron chi connectivity index (χ4n) is 1.51. The Morgan fingerprint density at radius 1 is 1.50 bits per heavy atom. The SMILES string of the molecule is O=C(C1=CNCCC1)c1cccnc1. The smallest absolute Gasteiger partial charge is 0.191 e. The summed E-state index contributed by atoms with van der Waals surface area (Å²) in [4.78, 5) is 15.8. The van der Waals surface area contributed by atoms with Crippen molar-refractivity contribution in [3.8, 4) is 0 Å². The van der Waals surface area contributed by atoms with E-state index < -0.39 is 0 Å². The lowest BCUT2D eigenvalue weighted by atomic mass is 10.00. The number of aromatic nitrogens is 1. The molecule has 0 atom stereocenters. The van der Waals surface area contributed by atoms with Gasteiger partial charge in [-0.2, -0.15) is 0 Å². The first-order chi connectivity index (χ1) is 6.88. The molecule has 3 nitrogen and oxygen atoms in total. The van der Waals surface area contributed by atoms with E-state index in [2.05, 4.69) is 10.3 Å². The predicted molar refractivity (Wildman–Crippen MR) is 53.9 cm³/mol. The number of carbonyl (C=O) groups excluding carboxylic acids is 1. The maximum Gasteiger partial charge on any atom is 0.191 e. The van der Waals surface area contributed by atoms with E-state index in [0.29, 0.717) is 5.56 Å². The van der Waals surface area contributed by atoms with Gasteiger partial charge in [0.1, 0.15) is 0 Å². The molecule has 1 N–H and O–H groups in total. The van der Waals surface area contributed by atoms with Crippen molar-refractivity contribution >= 4 is 5.78 Å². The molecule has 0 fully saturated rings. The van der Waals surface area contributed by atoms with E-state index in [1.807, 2.05) is 6.20 Å². The Balaban J connectivity index is 2.20. The van der Waals surface area contributed by atoms with Crippen LogP contribution < -0.4 is 5.32 Å². The summed E-state index contributed by atoms with van der Waals surface area (Å²) < 4.78 is 0. The van der Waals surface area contributed by atoms with Crippen LogP contribution in [0.2, 0.25) is 0 Å². The number of rotatable bonds is 2. The number of pyridine rings is 1. The Morgan fingerprint density at radius 3 is 3.07 bits per heavy atom. The van der Waals surface area contributed by atoms with E-state index in [0.717, 1.165) is 25.0 Å². The predicted octanol–water partition coefficient (Wildman–Crippen LogP) is 1.53. The van der Waals surface area contributed by atoms with E-state index in [1.54, 1.807) is 24.5 Å². The van der Waals surface area contributed by atoms with Crippen molar-refractivity contribution in [1.29, 1.82) is 0 Å². The lowest BCUT2D eigenvalue weighted by Gasteiger charge is -2.12. The van der Waals surface area contributed by atoms with Crippen LogP contribution in [-0.4, -0.2) is 17.3 Å². The molecule has 1 aromatic rings. The van der Waals surface area contributed by atoms with Crippen LogP contribution in [0, 0.1) is 0 Å². The Hall–Kier alpha value is -1.64. The minimum Gasteiger partial charge on any atom is -0.391 e. The van der Waals surface area contributed by atoms with Crippen molar-refractivity contribution in [2.24, 2.45) is 0 Å². The monoisotopic (exact) mass is 188 g/mol. The Labute approximate surface area is 82.9 Å². The third-order valence-electron chi connectivity index (χ3n) is 2.26. The molecule has 2 heterocycles. The summed E-state index contributed by atoms with van der Waals surface area (Å²) in [7, 11) is 0. The van der Waals surface area contributed by atoms with E-state index in [-0.39, 0.29) is 5.78 Å². The lowest BCUT2D eigenvalue weighted by molar-refractivity contribution is 0.102. The first kappa shape index (κ1) is 8.94. The number of allylic oxidation sites excluding steroid dienone is 1. The summed E-state index contributed by atoms with van der Waals surface area (Å²) in [5.74, 6) is 0.0882. The normalized spacial score (nSPS) is 15.6. The molecule has 0 unspecified atom stereocenters. The minimum absolute atomic E-state index is 0.0882. The fraction of sp³-hybridized carbons (Fsp3) is 0.273. The van der Waals surface area contributed by atoms with Crippen molar-refractivity contribution in [3.05, 3.63) is 41.9 Å². The quantitative estimate of drug-likeness (QED) is 0.716. The molecule has 72 valence electrons. The average Bonchev–Trinajstić information content (AvgIpc) is 2.30. The number of hydrogen-bond donors (Lipinski definition) is 1. The van der Waals surface area contributed by atoms with Crippen molar-refractivity contribution in [2.75, 3.05) is 6.54 Å². The van der Waals surface area contributed by atoms with Crippen molar-refractivity contribution in [3.63, 3.8) is 0 Å². The molecule has 0 saturated heterocycles. The second-order valence-corrected chi connectivity index (χ2v) is 3.30. The van der Waals surface area contributed by atoms with Crippen LogP contribution in [0.15, 0.2) is 36.3 Å². The minimum atomic E-state index is 0.0882. The standard InChI is InChI=1S/C11H12N2O/c14-11(9-3-1-5-12-7-9)10-4-2-6-13-8-10/h1,3,5,7-8,13H,2,4,6H2. The van der Waals surface area contributed by atoms with E-state index in [1.165, 1.54) is 0 Å². The Morgan fingerprint density at radius 2 is 2.43 bits per heavy atom. The molecule has 3 heteroatoms. The van der Waals surface area contributed by atoms with Crippen molar-refractivity contribution in [1.82, 2.24) is 10.3 Å². The first-order valence-electron chi connectivity index (χ1n) is 4.75. The fourth-order valence-corrected chi connectivity index (χ4v) is 1.51. The second-order valence-electron chi connectivity index (χ2n) is 3.30. The van der Waals surface area contributed by atoms with E-state index in [4.69, 9.17) is 0 Å². The van der Waals surface area contributed by atoms with Gasteiger partial charge >= 0.3 is 0 Å². The average molecular weight is 188 g/mol. The zero-order valence-corrected chi connectivity index (χ0v) is 7.86. The number of hydrogen-bond acceptors (Lipinski definition) is 3. The molecular weight excluding hydrogens is 176 g/mol. The maximum absolute atomic E-state index is 11.9. The van der Waals surface area contributed by atoms with Gasteiger partial charge in [0.15, 0.2) is 5.78 Å². The molecule has 0 radical (unpaired) electrons. The van der Waals surface area contributed by atoms with Gasteiger partial charge in [0, 0.05) is 36.3 Å². The zero-order chi connectivity index (χ0) is 9.80. The van der Waals surface area contributed by atoms with Gasteiger partial charge in [-0.25, -0.2) is 0 Å². The van der Waals surface area contributed by atoms with Gasteiger partial charge in [-0.1, -0.05) is 0 Å². The number of Topliss-reactive ketones (excluding diaryl/α,β-unsaturated/α-hetero) is 1. The molecular formula is C11H12N2O. The van der Waals surface area contributed by atoms with Gasteiger partial charge in [-0.05, 0) is 25.0 Å². The molecule has 0 saturated carbocycles. The molecule has 14 heavy (non-hydrogen) atoms. The van der Waals surface area contributed by atoms with Crippen LogP contribution in [0.1, 0.15) is 23.2 Å². The van der Waals surface area contributed by atoms with E-state index in [9.17, 15) is 4.79 Å². The van der Waals surface area contributed by atoms with Gasteiger partial charge in [0.25, 0.3) is 0 Å². The molecule has 0 bridgehead atoms. The molecule has 0 spiro atoms. The summed E-state index contributed by atoms with van der Waals surface area (Å²) in [5, 5.41) is 3.08. The maximum atomic E-state index is 11.9. The van der Waals surface area contributed by atoms with Crippen LogP contribution in [-0.2, 0) is 0 Å². The lowest BCUT2D eigenvalue weighted by Crippen LogP contribution is -2.18. The second kappa shape index (κ2) is 4.05. The third-order valence-corrected chi connectivity index (χ3v) is 2.26. The highest BCUT2D eigenvalue weighted by Gasteiger charge is 2.13. The van der Waals surface area contributed by atoms with Gasteiger partial charge in [0.2, 0.25) is 0 Å². The highest BCUT2D eigenvalue weighted by molar-refractivity contribution is 6.08. The molecule has 0 aromatic carbocycles. The van der Waals surface area contributed by atoms with Gasteiger partial charge in [-0.15, -0.1) is 0 Å². The summed E-state index contributed by atoms with van der Waals surface area (Å²) in [6.07, 6.45) is 6.99. The van der Waals surface area contributed by atoms with Gasteiger partial charge in [0.05, 0.1) is 0 Å². The van der Waals surface area contributed by atoms with Crippen molar-refractivity contribution in [2.45, 2.75) is 12.8 Å². The third kappa shape index (κ3) is 1.82. The molecule has 1 aromatic heterocycles. The molecule has 0 amide bonds. The molecule has 0 aliphatic carbocycles. The highest BCUT2D eigenvalue weighted by atomic mass is 16.1. The van der Waals surface area contributed by atoms with Crippen LogP contribution in [0.4, 0.5) is 0 Å². The zero-order valence-electron chi connectivity index (χ0n) is 7.86. The topological polar surface area (TPSA) is 42.0 Å². The van der Waals surface area contributed by atoms with Crippen molar-refractivity contribution < 1.29 is 4.79 Å². The summed E-state index contributed by atoms with van der Waals surface area (Å²) in [6, 6.07) is 3.58. The number of carbonyl (C=O) groups is 1. The Kier molecular flexibility index (Phi) is 2.58.